The summed E-state index contributed by atoms with van der Waals surface area (Å²) in [7, 11) is 0. The summed E-state index contributed by atoms with van der Waals surface area (Å²) in [5.41, 5.74) is 0.610. The summed E-state index contributed by atoms with van der Waals surface area (Å²) in [5, 5.41) is 18.0. The van der Waals surface area contributed by atoms with E-state index in [9.17, 15) is 10.1 Å². The van der Waals surface area contributed by atoms with Crippen LogP contribution >= 0.6 is 0 Å². The van der Waals surface area contributed by atoms with Gasteiger partial charge < -0.3 is 15.4 Å². The van der Waals surface area contributed by atoms with Crippen LogP contribution in [0.4, 0.5) is 5.82 Å². The van der Waals surface area contributed by atoms with E-state index in [0.717, 1.165) is 6.54 Å². The van der Waals surface area contributed by atoms with Crippen molar-refractivity contribution in [1.29, 1.82) is 0 Å². The largest absolute Gasteiger partial charge is 0.392 e. The van der Waals surface area contributed by atoms with Gasteiger partial charge in [-0.2, -0.15) is 4.68 Å². The molecule has 1 aromatic heterocycles. The molecule has 6 nitrogen and oxygen atoms in total. The maximum absolute atomic E-state index is 10.7. The Hall–Kier alpha value is -1.43. The molecule has 0 aliphatic heterocycles. The minimum absolute atomic E-state index is 0.0472. The molecule has 1 atom stereocenters. The minimum Gasteiger partial charge on any atom is -0.358 e. The highest BCUT2D eigenvalue weighted by molar-refractivity contribution is 5.27. The normalized spacial score (nSPS) is 13.0. The maximum Gasteiger partial charge on any atom is 0.392 e. The van der Waals surface area contributed by atoms with E-state index >= 15 is 0 Å². The number of hydrogen-bond donors (Lipinski definition) is 1. The second-order valence-corrected chi connectivity index (χ2v) is 4.78. The highest BCUT2D eigenvalue weighted by Gasteiger charge is 2.18. The van der Waals surface area contributed by atoms with Crippen LogP contribution in [-0.4, -0.2) is 27.3 Å². The standard InChI is InChI=1S/C11H20N4O2/c1-8(2)12-5-9(3)6-14-7-10(4)11(13-14)15(16)17/h7-9,12H,5-6H2,1-4H3. The van der Waals surface area contributed by atoms with Gasteiger partial charge in [0.15, 0.2) is 0 Å². The van der Waals surface area contributed by atoms with E-state index in [0.29, 0.717) is 24.1 Å². The first kappa shape index (κ1) is 13.6. The van der Waals surface area contributed by atoms with Crippen LogP contribution in [0.2, 0.25) is 0 Å². The topological polar surface area (TPSA) is 73.0 Å². The predicted octanol–water partition coefficient (Wildman–Crippen LogP) is 1.73. The first-order valence-electron chi connectivity index (χ1n) is 5.82. The summed E-state index contributed by atoms with van der Waals surface area (Å²) in [6.07, 6.45) is 1.73. The fourth-order valence-corrected chi connectivity index (χ4v) is 1.61. The highest BCUT2D eigenvalue weighted by atomic mass is 16.6. The summed E-state index contributed by atoms with van der Waals surface area (Å²) in [4.78, 5) is 10.2. The van der Waals surface area contributed by atoms with Gasteiger partial charge in [-0.15, -0.1) is 0 Å². The van der Waals surface area contributed by atoms with Gasteiger partial charge in [-0.05, 0) is 24.3 Å². The summed E-state index contributed by atoms with van der Waals surface area (Å²) >= 11 is 0. The van der Waals surface area contributed by atoms with Crippen LogP contribution in [0.15, 0.2) is 6.20 Å². The van der Waals surface area contributed by atoms with Gasteiger partial charge in [-0.25, -0.2) is 0 Å². The van der Waals surface area contributed by atoms with E-state index in [4.69, 9.17) is 0 Å². The third kappa shape index (κ3) is 4.14. The Morgan fingerprint density at radius 2 is 2.18 bits per heavy atom. The van der Waals surface area contributed by atoms with Gasteiger partial charge in [-0.1, -0.05) is 20.8 Å². The lowest BCUT2D eigenvalue weighted by atomic mass is 10.2. The van der Waals surface area contributed by atoms with Gasteiger partial charge in [0, 0.05) is 6.04 Å². The quantitative estimate of drug-likeness (QED) is 0.607. The molecule has 0 radical (unpaired) electrons. The fourth-order valence-electron chi connectivity index (χ4n) is 1.61. The molecular weight excluding hydrogens is 220 g/mol. The van der Waals surface area contributed by atoms with E-state index in [1.807, 2.05) is 0 Å². The van der Waals surface area contributed by atoms with E-state index in [-0.39, 0.29) is 5.82 Å². The molecule has 0 amide bonds. The van der Waals surface area contributed by atoms with E-state index in [2.05, 4.69) is 31.2 Å². The van der Waals surface area contributed by atoms with Gasteiger partial charge in [0.05, 0.1) is 23.4 Å². The Morgan fingerprint density at radius 3 is 2.65 bits per heavy atom. The zero-order valence-corrected chi connectivity index (χ0v) is 10.8. The van der Waals surface area contributed by atoms with Crippen LogP contribution in [0.1, 0.15) is 26.3 Å². The highest BCUT2D eigenvalue weighted by Crippen LogP contribution is 2.14. The first-order valence-corrected chi connectivity index (χ1v) is 5.82. The van der Waals surface area contributed by atoms with Gasteiger partial charge in [-0.3, -0.25) is 0 Å². The third-order valence-electron chi connectivity index (χ3n) is 2.46. The molecule has 1 unspecified atom stereocenters. The lowest BCUT2D eigenvalue weighted by Gasteiger charge is -2.13. The summed E-state index contributed by atoms with van der Waals surface area (Å²) in [6, 6.07) is 0.450. The van der Waals surface area contributed by atoms with Crippen molar-refractivity contribution in [2.45, 2.75) is 40.3 Å². The second kappa shape index (κ2) is 5.77. The smallest absolute Gasteiger partial charge is 0.358 e. The van der Waals surface area contributed by atoms with Crippen molar-refractivity contribution >= 4 is 5.82 Å². The van der Waals surface area contributed by atoms with Gasteiger partial charge in [0.2, 0.25) is 0 Å². The van der Waals surface area contributed by atoms with Crippen LogP contribution < -0.4 is 5.32 Å². The number of rotatable bonds is 6. The van der Waals surface area contributed by atoms with Gasteiger partial charge >= 0.3 is 5.82 Å². The van der Waals surface area contributed by atoms with Crippen molar-refractivity contribution in [1.82, 2.24) is 15.1 Å². The number of aryl methyl sites for hydroxylation is 1. The first-order chi connectivity index (χ1) is 7.90. The van der Waals surface area contributed by atoms with Gasteiger partial charge in [0.1, 0.15) is 0 Å². The Morgan fingerprint density at radius 1 is 1.53 bits per heavy atom. The van der Waals surface area contributed by atoms with Gasteiger partial charge in [0.25, 0.3) is 0 Å². The summed E-state index contributed by atoms with van der Waals surface area (Å²) in [5.74, 6) is 0.338. The number of aromatic nitrogens is 2. The molecule has 0 aromatic carbocycles. The molecule has 0 aliphatic rings. The van der Waals surface area contributed by atoms with Crippen molar-refractivity contribution < 1.29 is 4.92 Å². The molecule has 0 spiro atoms. The SMILES string of the molecule is Cc1cn(CC(C)CNC(C)C)nc1[N+](=O)[O-]. The molecule has 1 N–H and O–H groups in total. The lowest BCUT2D eigenvalue weighted by molar-refractivity contribution is -0.390. The molecule has 96 valence electrons. The zero-order chi connectivity index (χ0) is 13.0. The van der Waals surface area contributed by atoms with Crippen molar-refractivity contribution in [2.24, 2.45) is 5.92 Å². The van der Waals surface area contributed by atoms with Crippen molar-refractivity contribution in [3.05, 3.63) is 21.9 Å². The summed E-state index contributed by atoms with van der Waals surface area (Å²) < 4.78 is 1.65. The average Bonchev–Trinajstić information content (AvgIpc) is 2.56. The van der Waals surface area contributed by atoms with Crippen molar-refractivity contribution in [2.75, 3.05) is 6.54 Å². The Balaban J connectivity index is 2.57. The molecule has 0 saturated carbocycles. The van der Waals surface area contributed by atoms with E-state index in [1.54, 1.807) is 17.8 Å². The second-order valence-electron chi connectivity index (χ2n) is 4.78. The number of nitrogens with zero attached hydrogens (tertiary/aromatic N) is 3. The van der Waals surface area contributed by atoms with Crippen LogP contribution in [0.5, 0.6) is 0 Å². The minimum atomic E-state index is -0.442. The molecule has 1 heterocycles. The Bertz CT molecular complexity index is 387. The molecule has 1 aromatic rings. The van der Waals surface area contributed by atoms with Crippen molar-refractivity contribution in [3.63, 3.8) is 0 Å². The van der Waals surface area contributed by atoms with Crippen molar-refractivity contribution in [3.8, 4) is 0 Å². The lowest BCUT2D eigenvalue weighted by Crippen LogP contribution is -2.29. The third-order valence-corrected chi connectivity index (χ3v) is 2.46. The number of hydrogen-bond acceptors (Lipinski definition) is 4. The average molecular weight is 240 g/mol. The van der Waals surface area contributed by atoms with E-state index < -0.39 is 4.92 Å². The van der Waals surface area contributed by atoms with E-state index in [1.165, 1.54) is 0 Å². The zero-order valence-electron chi connectivity index (χ0n) is 10.8. The van der Waals surface area contributed by atoms with Crippen LogP contribution in [0, 0.1) is 23.0 Å². The molecular formula is C11H20N4O2. The molecule has 0 saturated heterocycles. The molecule has 0 aliphatic carbocycles. The fraction of sp³-hybridized carbons (Fsp3) is 0.727. The predicted molar refractivity (Wildman–Crippen MR) is 65.9 cm³/mol. The monoisotopic (exact) mass is 240 g/mol. The molecule has 1 rings (SSSR count). The molecule has 0 fully saturated rings. The van der Waals surface area contributed by atoms with Crippen LogP contribution in [0.25, 0.3) is 0 Å². The molecule has 0 bridgehead atoms. The number of nitrogens with one attached hydrogen (secondary N) is 1. The Kier molecular flexibility index (Phi) is 4.62. The Labute approximate surface area is 101 Å². The summed E-state index contributed by atoms with van der Waals surface area (Å²) in [6.45, 7) is 9.56. The maximum atomic E-state index is 10.7. The van der Waals surface area contributed by atoms with Crippen LogP contribution in [0.3, 0.4) is 0 Å². The molecule has 6 heteroatoms. The molecule has 17 heavy (non-hydrogen) atoms. The van der Waals surface area contributed by atoms with Crippen LogP contribution in [-0.2, 0) is 6.54 Å². The number of nitro groups is 1.